The maximum atomic E-state index is 11.5. The molecule has 0 spiro atoms. The molecule has 0 saturated carbocycles. The van der Waals surface area contributed by atoms with Crippen molar-refractivity contribution in [2.75, 3.05) is 6.61 Å². The summed E-state index contributed by atoms with van der Waals surface area (Å²) in [6.45, 7) is 2.11. The number of carbonyl (C=O) groups excluding carboxylic acids is 1. The van der Waals surface area contributed by atoms with E-state index in [2.05, 4.69) is 4.98 Å². The first-order chi connectivity index (χ1) is 8.72. The minimum atomic E-state index is -0.657. The van der Waals surface area contributed by atoms with Crippen LogP contribution in [-0.4, -0.2) is 22.9 Å². The second-order valence-corrected chi connectivity index (χ2v) is 4.46. The predicted molar refractivity (Wildman–Crippen MR) is 71.7 cm³/mol. The van der Waals surface area contributed by atoms with Gasteiger partial charge in [-0.1, -0.05) is 18.2 Å². The van der Waals surface area contributed by atoms with Crippen LogP contribution in [0.25, 0.3) is 10.8 Å². The van der Waals surface area contributed by atoms with E-state index in [1.165, 1.54) is 0 Å². The van der Waals surface area contributed by atoms with Crippen LogP contribution in [0, 0.1) is 0 Å². The van der Waals surface area contributed by atoms with Gasteiger partial charge >= 0.3 is 5.97 Å². The van der Waals surface area contributed by atoms with E-state index in [1.807, 2.05) is 24.3 Å². The Balaban J connectivity index is 2.24. The average Bonchev–Trinajstić information content (AvgIpc) is 2.39. The van der Waals surface area contributed by atoms with Gasteiger partial charge in [0.2, 0.25) is 0 Å². The third-order valence-electron chi connectivity index (χ3n) is 2.72. The van der Waals surface area contributed by atoms with Crippen LogP contribution < -0.4 is 0 Å². The van der Waals surface area contributed by atoms with E-state index < -0.39 is 5.38 Å². The SMILES string of the molecule is CCOC(=O)C(Cl)Cc1cccc2ccncc12. The zero-order chi connectivity index (χ0) is 13.0. The van der Waals surface area contributed by atoms with Gasteiger partial charge in [0.15, 0.2) is 0 Å². The number of carbonyl (C=O) groups is 1. The molecule has 0 fully saturated rings. The number of halogens is 1. The number of aromatic nitrogens is 1. The number of hydrogen-bond acceptors (Lipinski definition) is 3. The molecular formula is C14H14ClNO2. The van der Waals surface area contributed by atoms with Crippen molar-refractivity contribution in [3.05, 3.63) is 42.2 Å². The molecule has 0 aliphatic heterocycles. The highest BCUT2D eigenvalue weighted by molar-refractivity contribution is 6.30. The molecule has 18 heavy (non-hydrogen) atoms. The van der Waals surface area contributed by atoms with E-state index in [4.69, 9.17) is 16.3 Å². The Labute approximate surface area is 111 Å². The van der Waals surface area contributed by atoms with E-state index >= 15 is 0 Å². The van der Waals surface area contributed by atoms with Crippen LogP contribution in [0.4, 0.5) is 0 Å². The Morgan fingerprint density at radius 1 is 1.44 bits per heavy atom. The van der Waals surface area contributed by atoms with E-state index in [0.29, 0.717) is 13.0 Å². The van der Waals surface area contributed by atoms with Gasteiger partial charge in [-0.15, -0.1) is 11.6 Å². The van der Waals surface area contributed by atoms with Crippen molar-refractivity contribution in [1.82, 2.24) is 4.98 Å². The lowest BCUT2D eigenvalue weighted by atomic mass is 10.0. The van der Waals surface area contributed by atoms with Crippen molar-refractivity contribution in [2.24, 2.45) is 0 Å². The molecule has 0 radical (unpaired) electrons. The van der Waals surface area contributed by atoms with Gasteiger partial charge in [-0.2, -0.15) is 0 Å². The zero-order valence-corrected chi connectivity index (χ0v) is 10.9. The van der Waals surface area contributed by atoms with Crippen LogP contribution in [0.15, 0.2) is 36.7 Å². The Hall–Kier alpha value is -1.61. The fourth-order valence-corrected chi connectivity index (χ4v) is 2.09. The Kier molecular flexibility index (Phi) is 4.15. The van der Waals surface area contributed by atoms with Gasteiger partial charge in [0, 0.05) is 24.2 Å². The molecule has 0 aliphatic carbocycles. The predicted octanol–water partition coefficient (Wildman–Crippen LogP) is 2.95. The van der Waals surface area contributed by atoms with Crippen LogP contribution in [0.1, 0.15) is 12.5 Å². The Bertz CT molecular complexity index is 551. The molecule has 1 aromatic carbocycles. The van der Waals surface area contributed by atoms with Crippen LogP contribution >= 0.6 is 11.6 Å². The first kappa shape index (κ1) is 12.8. The first-order valence-corrected chi connectivity index (χ1v) is 6.28. The second kappa shape index (κ2) is 5.83. The fourth-order valence-electron chi connectivity index (χ4n) is 1.86. The lowest BCUT2D eigenvalue weighted by Gasteiger charge is -2.10. The summed E-state index contributed by atoms with van der Waals surface area (Å²) < 4.78 is 4.90. The number of nitrogens with zero attached hydrogens (tertiary/aromatic N) is 1. The number of pyridine rings is 1. The van der Waals surface area contributed by atoms with Crippen molar-refractivity contribution in [2.45, 2.75) is 18.7 Å². The van der Waals surface area contributed by atoms with Gasteiger partial charge < -0.3 is 4.74 Å². The minimum absolute atomic E-state index is 0.346. The maximum absolute atomic E-state index is 11.5. The number of hydrogen-bond donors (Lipinski definition) is 0. The third kappa shape index (κ3) is 2.79. The molecule has 0 bridgehead atoms. The summed E-state index contributed by atoms with van der Waals surface area (Å²) in [6.07, 6.45) is 3.98. The second-order valence-electron chi connectivity index (χ2n) is 3.94. The summed E-state index contributed by atoms with van der Waals surface area (Å²) in [6, 6.07) is 7.85. The van der Waals surface area contributed by atoms with Crippen LogP contribution in [0.5, 0.6) is 0 Å². The number of esters is 1. The van der Waals surface area contributed by atoms with E-state index in [0.717, 1.165) is 16.3 Å². The first-order valence-electron chi connectivity index (χ1n) is 5.84. The maximum Gasteiger partial charge on any atom is 0.324 e. The largest absolute Gasteiger partial charge is 0.465 e. The van der Waals surface area contributed by atoms with Crippen molar-refractivity contribution < 1.29 is 9.53 Å². The molecule has 2 aromatic rings. The number of benzene rings is 1. The zero-order valence-electron chi connectivity index (χ0n) is 10.1. The molecule has 1 heterocycles. The lowest BCUT2D eigenvalue weighted by Crippen LogP contribution is -2.20. The van der Waals surface area contributed by atoms with Crippen molar-refractivity contribution in [1.29, 1.82) is 0 Å². The lowest BCUT2D eigenvalue weighted by molar-refractivity contribution is -0.142. The van der Waals surface area contributed by atoms with Crippen molar-refractivity contribution >= 4 is 28.3 Å². The summed E-state index contributed by atoms with van der Waals surface area (Å²) in [5, 5.41) is 1.46. The highest BCUT2D eigenvalue weighted by atomic mass is 35.5. The molecule has 1 atom stereocenters. The van der Waals surface area contributed by atoms with Crippen LogP contribution in [0.2, 0.25) is 0 Å². The molecule has 0 amide bonds. The monoisotopic (exact) mass is 263 g/mol. The number of ether oxygens (including phenoxy) is 1. The molecule has 3 nitrogen and oxygen atoms in total. The smallest absolute Gasteiger partial charge is 0.324 e. The average molecular weight is 264 g/mol. The minimum Gasteiger partial charge on any atom is -0.465 e. The Morgan fingerprint density at radius 3 is 3.06 bits per heavy atom. The van der Waals surface area contributed by atoms with Gasteiger partial charge in [-0.3, -0.25) is 9.78 Å². The summed E-state index contributed by atoms with van der Waals surface area (Å²) in [4.78, 5) is 15.6. The summed E-state index contributed by atoms with van der Waals surface area (Å²) in [7, 11) is 0. The van der Waals surface area contributed by atoms with E-state index in [1.54, 1.807) is 19.3 Å². The van der Waals surface area contributed by atoms with Gasteiger partial charge in [0.05, 0.1) is 6.61 Å². The van der Waals surface area contributed by atoms with Gasteiger partial charge in [0.25, 0.3) is 0 Å². The molecule has 1 aromatic heterocycles. The van der Waals surface area contributed by atoms with Crippen LogP contribution in [0.3, 0.4) is 0 Å². The quantitative estimate of drug-likeness (QED) is 0.629. The molecule has 1 unspecified atom stereocenters. The topological polar surface area (TPSA) is 39.2 Å². The molecule has 4 heteroatoms. The molecule has 94 valence electrons. The number of alkyl halides is 1. The molecule has 0 N–H and O–H groups in total. The van der Waals surface area contributed by atoms with E-state index in [-0.39, 0.29) is 5.97 Å². The van der Waals surface area contributed by atoms with Crippen molar-refractivity contribution in [3.8, 4) is 0 Å². The highest BCUT2D eigenvalue weighted by Crippen LogP contribution is 2.20. The van der Waals surface area contributed by atoms with E-state index in [9.17, 15) is 4.79 Å². The highest BCUT2D eigenvalue weighted by Gasteiger charge is 2.18. The van der Waals surface area contributed by atoms with Gasteiger partial charge in [-0.25, -0.2) is 0 Å². The van der Waals surface area contributed by atoms with Gasteiger partial charge in [-0.05, 0) is 23.9 Å². The molecule has 0 saturated heterocycles. The van der Waals surface area contributed by atoms with Crippen molar-refractivity contribution in [3.63, 3.8) is 0 Å². The normalized spacial score (nSPS) is 12.3. The summed E-state index contributed by atoms with van der Waals surface area (Å²) in [5.41, 5.74) is 1.01. The summed E-state index contributed by atoms with van der Waals surface area (Å²) >= 11 is 6.05. The standard InChI is InChI=1S/C14H14ClNO2/c1-2-18-14(17)13(15)8-11-5-3-4-10-6-7-16-9-12(10)11/h3-7,9,13H,2,8H2,1H3. The van der Waals surface area contributed by atoms with Crippen LogP contribution in [-0.2, 0) is 16.0 Å². The Morgan fingerprint density at radius 2 is 2.28 bits per heavy atom. The number of fused-ring (bicyclic) bond motifs is 1. The molecule has 2 rings (SSSR count). The molecule has 0 aliphatic rings. The fraction of sp³-hybridized carbons (Fsp3) is 0.286. The third-order valence-corrected chi connectivity index (χ3v) is 3.05. The van der Waals surface area contributed by atoms with Gasteiger partial charge in [0.1, 0.15) is 5.38 Å². The number of rotatable bonds is 4. The summed E-state index contributed by atoms with van der Waals surface area (Å²) in [5.74, 6) is -0.375. The molecular weight excluding hydrogens is 250 g/mol.